The summed E-state index contributed by atoms with van der Waals surface area (Å²) in [7, 11) is -1.26. The topological polar surface area (TPSA) is 105 Å². The van der Waals surface area contributed by atoms with Gasteiger partial charge in [0.1, 0.15) is 12.6 Å². The Kier molecular flexibility index (Phi) is 11.4. The van der Waals surface area contributed by atoms with Crippen LogP contribution in [0.1, 0.15) is 44.7 Å². The van der Waals surface area contributed by atoms with Gasteiger partial charge in [0.05, 0.1) is 24.8 Å². The zero-order valence-electron chi connectivity index (χ0n) is 25.2. The Morgan fingerprint density at radius 2 is 1.52 bits per heavy atom. The van der Waals surface area contributed by atoms with Gasteiger partial charge in [0, 0.05) is 18.7 Å². The van der Waals surface area contributed by atoms with Crippen molar-refractivity contribution in [1.82, 2.24) is 10.2 Å². The molecule has 226 valence electrons. The molecule has 10 heteroatoms. The highest BCUT2D eigenvalue weighted by atomic mass is 32.2. The molecule has 2 atom stereocenters. The van der Waals surface area contributed by atoms with Crippen LogP contribution in [0.3, 0.4) is 0 Å². The molecule has 9 nitrogen and oxygen atoms in total. The standard InChI is InChI=1S/C32H41N3O6S/c1-7-24(4)33-32(37)28(8-2)34(21-25-15-13-12-14-23(25)3)31(36)22-35(42(38,39)27-16-10-9-11-17-27)26-18-19-29(40-5)30(20-26)41-6/h9-20,24,28H,7-8,21-22H2,1-6H3,(H,33,37)/t24-,28-/m0/s1. The van der Waals surface area contributed by atoms with E-state index < -0.39 is 28.5 Å². The predicted molar refractivity (Wildman–Crippen MR) is 164 cm³/mol. The van der Waals surface area contributed by atoms with E-state index in [0.717, 1.165) is 21.9 Å². The number of nitrogens with one attached hydrogen (secondary N) is 1. The second-order valence-electron chi connectivity index (χ2n) is 10.1. The van der Waals surface area contributed by atoms with Gasteiger partial charge in [0.15, 0.2) is 11.5 Å². The fraction of sp³-hybridized carbons (Fsp3) is 0.375. The minimum Gasteiger partial charge on any atom is -0.493 e. The van der Waals surface area contributed by atoms with Crippen molar-refractivity contribution in [2.45, 2.75) is 64.1 Å². The highest BCUT2D eigenvalue weighted by molar-refractivity contribution is 7.92. The molecule has 0 saturated heterocycles. The van der Waals surface area contributed by atoms with Gasteiger partial charge >= 0.3 is 0 Å². The van der Waals surface area contributed by atoms with Gasteiger partial charge in [-0.1, -0.05) is 56.3 Å². The first-order valence-electron chi connectivity index (χ1n) is 14.0. The van der Waals surface area contributed by atoms with Crippen molar-refractivity contribution < 1.29 is 27.5 Å². The van der Waals surface area contributed by atoms with Gasteiger partial charge in [-0.2, -0.15) is 0 Å². The number of hydrogen-bond donors (Lipinski definition) is 1. The average molecular weight is 596 g/mol. The smallest absolute Gasteiger partial charge is 0.264 e. The van der Waals surface area contributed by atoms with E-state index in [1.807, 2.05) is 52.0 Å². The molecule has 0 heterocycles. The molecule has 0 saturated carbocycles. The van der Waals surface area contributed by atoms with Gasteiger partial charge in [-0.15, -0.1) is 0 Å². The Morgan fingerprint density at radius 1 is 0.881 bits per heavy atom. The van der Waals surface area contributed by atoms with Crippen LogP contribution in [0.2, 0.25) is 0 Å². The van der Waals surface area contributed by atoms with E-state index in [1.165, 1.54) is 37.3 Å². The lowest BCUT2D eigenvalue weighted by Crippen LogP contribution is -2.53. The molecule has 3 rings (SSSR count). The number of nitrogens with zero attached hydrogens (tertiary/aromatic N) is 2. The van der Waals surface area contributed by atoms with Gasteiger partial charge in [-0.25, -0.2) is 8.42 Å². The monoisotopic (exact) mass is 595 g/mol. The van der Waals surface area contributed by atoms with Crippen molar-refractivity contribution in [2.24, 2.45) is 0 Å². The van der Waals surface area contributed by atoms with E-state index in [4.69, 9.17) is 9.47 Å². The van der Waals surface area contributed by atoms with E-state index in [1.54, 1.807) is 30.3 Å². The molecule has 0 unspecified atom stereocenters. The molecule has 0 spiro atoms. The number of hydrogen-bond acceptors (Lipinski definition) is 6. The number of methoxy groups -OCH3 is 2. The Balaban J connectivity index is 2.11. The summed E-state index contributed by atoms with van der Waals surface area (Å²) in [6.07, 6.45) is 1.08. The molecule has 1 N–H and O–H groups in total. The molecular weight excluding hydrogens is 554 g/mol. The maximum absolute atomic E-state index is 14.2. The van der Waals surface area contributed by atoms with Crippen LogP contribution >= 0.6 is 0 Å². The minimum atomic E-state index is -4.19. The second kappa shape index (κ2) is 14.7. The number of anilines is 1. The Hall–Kier alpha value is -4.05. The van der Waals surface area contributed by atoms with Crippen LogP contribution in [0.15, 0.2) is 77.7 Å². The van der Waals surface area contributed by atoms with Crippen LogP contribution in [0.4, 0.5) is 5.69 Å². The van der Waals surface area contributed by atoms with Crippen LogP contribution in [0.25, 0.3) is 0 Å². The fourth-order valence-corrected chi connectivity index (χ4v) is 5.99. The largest absolute Gasteiger partial charge is 0.493 e. The number of carbonyl (C=O) groups excluding carboxylic acids is 2. The number of aryl methyl sites for hydroxylation is 1. The molecule has 3 aromatic carbocycles. The third-order valence-electron chi connectivity index (χ3n) is 7.25. The van der Waals surface area contributed by atoms with Crippen LogP contribution in [0.5, 0.6) is 11.5 Å². The van der Waals surface area contributed by atoms with Crippen LogP contribution in [0, 0.1) is 6.92 Å². The summed E-state index contributed by atoms with van der Waals surface area (Å²) in [6, 6.07) is 19.3. The maximum atomic E-state index is 14.2. The van der Waals surface area contributed by atoms with Gasteiger partial charge in [-0.3, -0.25) is 13.9 Å². The van der Waals surface area contributed by atoms with Crippen molar-refractivity contribution in [2.75, 3.05) is 25.1 Å². The zero-order valence-corrected chi connectivity index (χ0v) is 26.0. The molecular formula is C32H41N3O6S. The maximum Gasteiger partial charge on any atom is 0.264 e. The third kappa shape index (κ3) is 7.61. The van der Waals surface area contributed by atoms with Gasteiger partial charge in [0.25, 0.3) is 10.0 Å². The lowest BCUT2D eigenvalue weighted by molar-refractivity contribution is -0.140. The Morgan fingerprint density at radius 3 is 2.12 bits per heavy atom. The summed E-state index contributed by atoms with van der Waals surface area (Å²) in [5.41, 5.74) is 2.04. The number of carbonyl (C=O) groups is 2. The van der Waals surface area contributed by atoms with Crippen LogP contribution in [-0.2, 0) is 26.2 Å². The number of rotatable bonds is 14. The zero-order chi connectivity index (χ0) is 30.9. The number of sulfonamides is 1. The van der Waals surface area contributed by atoms with E-state index in [9.17, 15) is 18.0 Å². The molecule has 0 fully saturated rings. The average Bonchev–Trinajstić information content (AvgIpc) is 3.00. The summed E-state index contributed by atoms with van der Waals surface area (Å²) in [5, 5.41) is 2.99. The first-order valence-corrected chi connectivity index (χ1v) is 15.4. The normalized spacial score (nSPS) is 12.6. The highest BCUT2D eigenvalue weighted by Crippen LogP contribution is 2.34. The van der Waals surface area contributed by atoms with Crippen LogP contribution < -0.4 is 19.1 Å². The molecule has 0 radical (unpaired) electrons. The van der Waals surface area contributed by atoms with E-state index in [-0.39, 0.29) is 29.1 Å². The second-order valence-corrected chi connectivity index (χ2v) is 11.9. The Labute approximate surface area is 249 Å². The molecule has 0 aliphatic rings. The van der Waals surface area contributed by atoms with E-state index in [0.29, 0.717) is 17.9 Å². The first-order chi connectivity index (χ1) is 20.1. The van der Waals surface area contributed by atoms with Crippen molar-refractivity contribution in [3.8, 4) is 11.5 Å². The molecule has 0 aromatic heterocycles. The summed E-state index contributed by atoms with van der Waals surface area (Å²) in [4.78, 5) is 29.2. The number of benzene rings is 3. The highest BCUT2D eigenvalue weighted by Gasteiger charge is 2.34. The summed E-state index contributed by atoms with van der Waals surface area (Å²) < 4.78 is 39.9. The quantitative estimate of drug-likeness (QED) is 0.283. The first kappa shape index (κ1) is 32.5. The lowest BCUT2D eigenvalue weighted by atomic mass is 10.1. The molecule has 42 heavy (non-hydrogen) atoms. The predicted octanol–water partition coefficient (Wildman–Crippen LogP) is 4.93. The van der Waals surface area contributed by atoms with Crippen molar-refractivity contribution in [3.63, 3.8) is 0 Å². The summed E-state index contributed by atoms with van der Waals surface area (Å²) in [5.74, 6) is -0.0681. The fourth-order valence-electron chi connectivity index (χ4n) is 4.56. The molecule has 0 aliphatic carbocycles. The molecule has 2 amide bonds. The minimum absolute atomic E-state index is 0.0274. The summed E-state index contributed by atoms with van der Waals surface area (Å²) in [6.45, 7) is 7.26. The summed E-state index contributed by atoms with van der Waals surface area (Å²) >= 11 is 0. The molecule has 3 aromatic rings. The van der Waals surface area contributed by atoms with Crippen molar-refractivity contribution in [3.05, 3.63) is 83.9 Å². The van der Waals surface area contributed by atoms with Gasteiger partial charge < -0.3 is 19.7 Å². The van der Waals surface area contributed by atoms with Crippen molar-refractivity contribution >= 4 is 27.5 Å². The number of ether oxygens (including phenoxy) is 2. The third-order valence-corrected chi connectivity index (χ3v) is 9.04. The Bertz CT molecular complexity index is 1460. The number of amides is 2. The van der Waals surface area contributed by atoms with Gasteiger partial charge in [-0.05, 0) is 62.1 Å². The van der Waals surface area contributed by atoms with Crippen LogP contribution in [-0.4, -0.2) is 58.0 Å². The van der Waals surface area contributed by atoms with Crippen molar-refractivity contribution in [1.29, 1.82) is 0 Å². The van der Waals surface area contributed by atoms with Gasteiger partial charge in [0.2, 0.25) is 11.8 Å². The van der Waals surface area contributed by atoms with E-state index >= 15 is 0 Å². The van der Waals surface area contributed by atoms with E-state index in [2.05, 4.69) is 5.32 Å². The lowest BCUT2D eigenvalue weighted by Gasteiger charge is -2.34. The SMILES string of the molecule is CC[C@H](C)NC(=O)[C@H](CC)N(Cc1ccccc1C)C(=O)CN(c1ccc(OC)c(OC)c1)S(=O)(=O)c1ccccc1. The molecule has 0 aliphatic heterocycles. The molecule has 0 bridgehead atoms.